The van der Waals surface area contributed by atoms with Crippen LogP contribution in [0.2, 0.25) is 0 Å². The molecule has 1 aromatic heterocycles. The van der Waals surface area contributed by atoms with Crippen molar-refractivity contribution in [2.45, 2.75) is 22.4 Å². The molecule has 1 atom stereocenters. The molecule has 162 valence electrons. The summed E-state index contributed by atoms with van der Waals surface area (Å²) in [5, 5.41) is -0.543. The number of nitrogens with one attached hydrogen (secondary N) is 1. The topological polar surface area (TPSA) is 88.4 Å². The minimum atomic E-state index is -4.81. The lowest BCUT2D eigenvalue weighted by Crippen LogP contribution is -2.25. The Morgan fingerprint density at radius 1 is 1.10 bits per heavy atom. The Labute approximate surface area is 177 Å². The third-order valence-electron chi connectivity index (χ3n) is 4.18. The number of hydrogen-bond donors (Lipinski definition) is 2. The Hall–Kier alpha value is -1.86. The number of alkyl halides is 3. The molecule has 0 aliphatic carbocycles. The van der Waals surface area contributed by atoms with Crippen LogP contribution in [0.5, 0.6) is 0 Å². The summed E-state index contributed by atoms with van der Waals surface area (Å²) in [5.74, 6) is 0.260. The average Bonchev–Trinajstić information content (AvgIpc) is 3.11. The van der Waals surface area contributed by atoms with Gasteiger partial charge in [-0.1, -0.05) is 24.3 Å². The molecule has 2 N–H and O–H groups in total. The molecule has 12 heteroatoms. The van der Waals surface area contributed by atoms with Crippen molar-refractivity contribution in [3.05, 3.63) is 60.3 Å². The fourth-order valence-electron chi connectivity index (χ4n) is 2.87. The zero-order valence-corrected chi connectivity index (χ0v) is 17.7. The molecule has 0 aliphatic heterocycles. The fourth-order valence-corrected chi connectivity index (χ4v) is 5.66. The second kappa shape index (κ2) is 9.10. The van der Waals surface area contributed by atoms with Gasteiger partial charge in [-0.3, -0.25) is 3.97 Å². The number of halogens is 3. The number of aromatic nitrogens is 1. The van der Waals surface area contributed by atoms with Gasteiger partial charge in [0, 0.05) is 23.9 Å². The van der Waals surface area contributed by atoms with Crippen molar-refractivity contribution < 1.29 is 30.4 Å². The van der Waals surface area contributed by atoms with Crippen LogP contribution < -0.4 is 4.72 Å². The summed E-state index contributed by atoms with van der Waals surface area (Å²) in [6.07, 6.45) is -3.56. The summed E-state index contributed by atoms with van der Waals surface area (Å²) in [6, 6.07) is 11.2. The lowest BCUT2D eigenvalue weighted by Gasteiger charge is -2.11. The second-order valence-corrected chi connectivity index (χ2v) is 9.93. The first-order valence-electron chi connectivity index (χ1n) is 8.61. The first kappa shape index (κ1) is 22.8. The van der Waals surface area contributed by atoms with Crippen LogP contribution >= 0.6 is 12.0 Å². The molecule has 0 fully saturated rings. The molecule has 3 rings (SSSR count). The summed E-state index contributed by atoms with van der Waals surface area (Å²) < 4.78 is 91.5. The van der Waals surface area contributed by atoms with Crippen molar-refractivity contribution in [1.82, 2.24) is 8.69 Å². The van der Waals surface area contributed by atoms with Gasteiger partial charge >= 0.3 is 6.18 Å². The number of rotatable bonds is 8. The van der Waals surface area contributed by atoms with E-state index in [0.29, 0.717) is 16.9 Å². The van der Waals surface area contributed by atoms with Crippen molar-refractivity contribution in [2.75, 3.05) is 12.3 Å². The molecular weight excluding hydrogens is 461 g/mol. The first-order valence-corrected chi connectivity index (χ1v) is 12.1. The van der Waals surface area contributed by atoms with Gasteiger partial charge < -0.3 is 4.55 Å². The average molecular weight is 479 g/mol. The lowest BCUT2D eigenvalue weighted by atomic mass is 10.1. The monoisotopic (exact) mass is 478 g/mol. The molecule has 0 spiro atoms. The van der Waals surface area contributed by atoms with E-state index in [1.165, 1.54) is 18.2 Å². The lowest BCUT2D eigenvalue weighted by molar-refractivity contribution is -0.136. The van der Waals surface area contributed by atoms with Crippen LogP contribution in [-0.4, -0.2) is 33.4 Å². The second-order valence-electron chi connectivity index (χ2n) is 6.16. The number of sulfonamides is 1. The molecule has 0 saturated carbocycles. The van der Waals surface area contributed by atoms with E-state index < -0.39 is 43.0 Å². The SMILES string of the molecule is O=S(c1ccccc1)n1cc(S(=O)(=O)NCCCSO)c2c(C(F)(F)F)cccc21. The van der Waals surface area contributed by atoms with Gasteiger partial charge in [0.15, 0.2) is 11.0 Å². The van der Waals surface area contributed by atoms with Gasteiger partial charge in [0.2, 0.25) is 10.0 Å². The summed E-state index contributed by atoms with van der Waals surface area (Å²) in [5.41, 5.74) is -1.24. The van der Waals surface area contributed by atoms with Crippen molar-refractivity contribution in [3.8, 4) is 0 Å². The zero-order chi connectivity index (χ0) is 21.9. The smallest absolute Gasteiger partial charge is 0.330 e. The minimum absolute atomic E-state index is 0.0709. The van der Waals surface area contributed by atoms with Crippen LogP contribution in [0.15, 0.2) is 64.5 Å². The summed E-state index contributed by atoms with van der Waals surface area (Å²) >= 11 is 0.534. The van der Waals surface area contributed by atoms with Crippen molar-refractivity contribution in [3.63, 3.8) is 0 Å². The van der Waals surface area contributed by atoms with E-state index in [1.807, 2.05) is 0 Å². The van der Waals surface area contributed by atoms with E-state index in [2.05, 4.69) is 4.72 Å². The Balaban J connectivity index is 2.20. The van der Waals surface area contributed by atoms with Gasteiger partial charge in [0.05, 0.1) is 16.0 Å². The van der Waals surface area contributed by atoms with Gasteiger partial charge in [-0.15, -0.1) is 0 Å². The van der Waals surface area contributed by atoms with Crippen molar-refractivity contribution >= 4 is 44.0 Å². The standard InChI is InChI=1S/C18H17F3N2O4S3/c19-18(20,21)14-8-4-9-15-17(14)16(30(26,27)22-10-5-11-28-24)12-23(15)29(25)13-6-2-1-3-7-13/h1-4,6-9,12,22,24H,5,10-11H2. The molecule has 3 aromatic rings. The molecule has 2 aromatic carbocycles. The third-order valence-corrected chi connectivity index (χ3v) is 7.46. The molecule has 0 amide bonds. The molecule has 0 saturated heterocycles. The number of benzene rings is 2. The van der Waals surface area contributed by atoms with Gasteiger partial charge in [0.25, 0.3) is 0 Å². The predicted octanol–water partition coefficient (Wildman–Crippen LogP) is 4.11. The third kappa shape index (κ3) is 4.72. The summed E-state index contributed by atoms with van der Waals surface area (Å²) in [6.45, 7) is -0.0709. The molecular formula is C18H17F3N2O4S3. The highest BCUT2D eigenvalue weighted by Crippen LogP contribution is 2.39. The fraction of sp³-hybridized carbons (Fsp3) is 0.222. The van der Waals surface area contributed by atoms with Crippen LogP contribution in [0.25, 0.3) is 10.9 Å². The molecule has 1 heterocycles. The number of hydrogen-bond acceptors (Lipinski definition) is 5. The highest BCUT2D eigenvalue weighted by molar-refractivity contribution is 7.93. The molecule has 0 aliphatic rings. The Bertz CT molecular complexity index is 1160. The van der Waals surface area contributed by atoms with Crippen LogP contribution in [0.1, 0.15) is 12.0 Å². The maximum Gasteiger partial charge on any atom is 0.417 e. The van der Waals surface area contributed by atoms with E-state index in [4.69, 9.17) is 4.55 Å². The largest absolute Gasteiger partial charge is 0.417 e. The van der Waals surface area contributed by atoms with Crippen LogP contribution in [0.4, 0.5) is 13.2 Å². The highest BCUT2D eigenvalue weighted by atomic mass is 32.2. The zero-order valence-electron chi connectivity index (χ0n) is 15.3. The number of nitrogens with zero attached hydrogens (tertiary/aromatic N) is 1. The Morgan fingerprint density at radius 2 is 1.80 bits per heavy atom. The van der Waals surface area contributed by atoms with Crippen LogP contribution in [0.3, 0.4) is 0 Å². The Kier molecular flexibility index (Phi) is 6.92. The summed E-state index contributed by atoms with van der Waals surface area (Å²) in [4.78, 5) is -0.296. The van der Waals surface area contributed by atoms with Gasteiger partial charge in [-0.2, -0.15) is 13.2 Å². The van der Waals surface area contributed by atoms with E-state index in [-0.39, 0.29) is 24.2 Å². The van der Waals surface area contributed by atoms with Gasteiger partial charge in [-0.05, 0) is 42.7 Å². The molecule has 0 bridgehead atoms. The molecule has 1 unspecified atom stereocenters. The normalized spacial score (nSPS) is 13.6. The molecule has 6 nitrogen and oxygen atoms in total. The first-order chi connectivity index (χ1) is 14.2. The van der Waals surface area contributed by atoms with E-state index in [9.17, 15) is 25.8 Å². The maximum absolute atomic E-state index is 13.6. The summed E-state index contributed by atoms with van der Waals surface area (Å²) in [7, 11) is -6.30. The van der Waals surface area contributed by atoms with Crippen LogP contribution in [-0.2, 0) is 27.2 Å². The highest BCUT2D eigenvalue weighted by Gasteiger charge is 2.36. The minimum Gasteiger partial charge on any atom is -0.330 e. The number of fused-ring (bicyclic) bond motifs is 1. The van der Waals surface area contributed by atoms with Crippen LogP contribution in [0, 0.1) is 0 Å². The van der Waals surface area contributed by atoms with E-state index in [1.54, 1.807) is 18.2 Å². The molecule has 0 radical (unpaired) electrons. The molecule has 30 heavy (non-hydrogen) atoms. The van der Waals surface area contributed by atoms with Crippen molar-refractivity contribution in [1.29, 1.82) is 0 Å². The van der Waals surface area contributed by atoms with E-state index >= 15 is 0 Å². The predicted molar refractivity (Wildman–Crippen MR) is 110 cm³/mol. The van der Waals surface area contributed by atoms with Crippen molar-refractivity contribution in [2.24, 2.45) is 0 Å². The van der Waals surface area contributed by atoms with Gasteiger partial charge in [0.1, 0.15) is 4.90 Å². The quantitative estimate of drug-likeness (QED) is 0.376. The van der Waals surface area contributed by atoms with Gasteiger partial charge in [-0.25, -0.2) is 17.3 Å². The maximum atomic E-state index is 13.6. The Morgan fingerprint density at radius 3 is 2.43 bits per heavy atom. The van der Waals surface area contributed by atoms with E-state index in [0.717, 1.165) is 22.3 Å².